The third-order valence-electron chi connectivity index (χ3n) is 6.15. The van der Waals surface area contributed by atoms with Crippen LogP contribution < -0.4 is 5.73 Å². The fourth-order valence-electron chi connectivity index (χ4n) is 5.15. The van der Waals surface area contributed by atoms with Crippen molar-refractivity contribution in [3.63, 3.8) is 0 Å². The van der Waals surface area contributed by atoms with Gasteiger partial charge in [0.2, 0.25) is 0 Å². The summed E-state index contributed by atoms with van der Waals surface area (Å²) in [5.41, 5.74) is 6.38. The van der Waals surface area contributed by atoms with E-state index in [1.807, 2.05) is 0 Å². The molecule has 0 radical (unpaired) electrons. The monoisotopic (exact) mass is 303 g/mol. The molecule has 0 heterocycles. The van der Waals surface area contributed by atoms with Crippen LogP contribution in [-0.2, 0) is 0 Å². The van der Waals surface area contributed by atoms with E-state index in [2.05, 4.69) is 0 Å². The molecule has 3 rings (SSSR count). The average Bonchev–Trinajstić information content (AvgIpc) is 2.43. The molecule has 0 bridgehead atoms. The SMILES string of the molecule is NC1CC[C@@H](C2CCC(Cl)C(Cl)C2)C2CCCCC12. The van der Waals surface area contributed by atoms with Gasteiger partial charge in [-0.1, -0.05) is 12.8 Å². The third kappa shape index (κ3) is 2.94. The Morgan fingerprint density at radius 1 is 0.684 bits per heavy atom. The van der Waals surface area contributed by atoms with Crippen LogP contribution in [0, 0.1) is 23.7 Å². The fourth-order valence-corrected chi connectivity index (χ4v) is 5.73. The van der Waals surface area contributed by atoms with Crippen LogP contribution in [0.1, 0.15) is 57.8 Å². The summed E-state index contributed by atoms with van der Waals surface area (Å²) in [7, 11) is 0. The standard InChI is InChI=1S/C16H27Cl2N/c17-14-7-5-10(9-15(14)18)11-6-8-16(19)13-4-2-1-3-12(11)13/h10-16H,1-9,19H2/t10?,11-,12?,13?,14?,15?,16?/m0/s1. The first kappa shape index (κ1) is 14.5. The van der Waals surface area contributed by atoms with Crippen LogP contribution in [0.15, 0.2) is 0 Å². The van der Waals surface area contributed by atoms with Gasteiger partial charge in [-0.05, 0) is 68.6 Å². The molecule has 0 aromatic heterocycles. The Hall–Kier alpha value is 0.540. The second-order valence-corrected chi connectivity index (χ2v) is 8.24. The number of hydrogen-bond acceptors (Lipinski definition) is 1. The maximum absolute atomic E-state index is 6.43. The van der Waals surface area contributed by atoms with Gasteiger partial charge in [0.05, 0.1) is 5.38 Å². The highest BCUT2D eigenvalue weighted by atomic mass is 35.5. The van der Waals surface area contributed by atoms with E-state index in [0.717, 1.165) is 36.5 Å². The van der Waals surface area contributed by atoms with Crippen LogP contribution in [0.3, 0.4) is 0 Å². The molecule has 19 heavy (non-hydrogen) atoms. The molecule has 3 heteroatoms. The van der Waals surface area contributed by atoms with Gasteiger partial charge in [0.1, 0.15) is 0 Å². The molecule has 110 valence electrons. The van der Waals surface area contributed by atoms with Crippen molar-refractivity contribution in [3.05, 3.63) is 0 Å². The van der Waals surface area contributed by atoms with Gasteiger partial charge in [0.15, 0.2) is 0 Å². The van der Waals surface area contributed by atoms with E-state index in [4.69, 9.17) is 28.9 Å². The van der Waals surface area contributed by atoms with Crippen LogP contribution in [0.5, 0.6) is 0 Å². The van der Waals surface area contributed by atoms with Crippen molar-refractivity contribution < 1.29 is 0 Å². The minimum absolute atomic E-state index is 0.193. The molecule has 3 saturated carbocycles. The lowest BCUT2D eigenvalue weighted by Gasteiger charge is -2.49. The molecule has 0 saturated heterocycles. The predicted molar refractivity (Wildman–Crippen MR) is 82.8 cm³/mol. The molecule has 1 nitrogen and oxygen atoms in total. The minimum atomic E-state index is 0.193. The van der Waals surface area contributed by atoms with Crippen LogP contribution in [-0.4, -0.2) is 16.8 Å². The van der Waals surface area contributed by atoms with E-state index in [1.165, 1.54) is 44.9 Å². The van der Waals surface area contributed by atoms with Crippen molar-refractivity contribution in [2.24, 2.45) is 29.4 Å². The first-order valence-electron chi connectivity index (χ1n) is 8.20. The number of halogens is 2. The molecule has 6 unspecified atom stereocenters. The van der Waals surface area contributed by atoms with Crippen molar-refractivity contribution in [1.29, 1.82) is 0 Å². The summed E-state index contributed by atoms with van der Waals surface area (Å²) in [6, 6.07) is 0.470. The molecule has 7 atom stereocenters. The summed E-state index contributed by atoms with van der Waals surface area (Å²) < 4.78 is 0. The number of alkyl halides is 2. The summed E-state index contributed by atoms with van der Waals surface area (Å²) in [6.07, 6.45) is 11.7. The summed E-state index contributed by atoms with van der Waals surface area (Å²) in [5.74, 6) is 3.39. The molecule has 0 spiro atoms. The van der Waals surface area contributed by atoms with Gasteiger partial charge in [-0.3, -0.25) is 0 Å². The molecule has 0 amide bonds. The van der Waals surface area contributed by atoms with E-state index in [9.17, 15) is 0 Å². The quantitative estimate of drug-likeness (QED) is 0.707. The summed E-state index contributed by atoms with van der Waals surface area (Å²) >= 11 is 12.7. The largest absolute Gasteiger partial charge is 0.327 e. The van der Waals surface area contributed by atoms with Gasteiger partial charge in [-0.25, -0.2) is 0 Å². The van der Waals surface area contributed by atoms with Crippen molar-refractivity contribution in [2.45, 2.75) is 74.6 Å². The van der Waals surface area contributed by atoms with Crippen LogP contribution in [0.2, 0.25) is 0 Å². The normalized spacial score (nSPS) is 51.6. The van der Waals surface area contributed by atoms with Gasteiger partial charge in [0, 0.05) is 11.4 Å². The molecule has 0 aromatic rings. The third-order valence-corrected chi connectivity index (χ3v) is 7.28. The van der Waals surface area contributed by atoms with E-state index in [1.54, 1.807) is 0 Å². The molecule has 0 aromatic carbocycles. The second-order valence-electron chi connectivity index (χ2n) is 7.12. The Bertz CT molecular complexity index is 309. The Labute approximate surface area is 127 Å². The highest BCUT2D eigenvalue weighted by Crippen LogP contribution is 2.49. The maximum Gasteiger partial charge on any atom is 0.0502 e. The number of fused-ring (bicyclic) bond motifs is 1. The van der Waals surface area contributed by atoms with Gasteiger partial charge in [-0.2, -0.15) is 0 Å². The van der Waals surface area contributed by atoms with Crippen LogP contribution in [0.25, 0.3) is 0 Å². The smallest absolute Gasteiger partial charge is 0.0502 e. The Morgan fingerprint density at radius 2 is 1.42 bits per heavy atom. The first-order chi connectivity index (χ1) is 9.16. The van der Waals surface area contributed by atoms with Crippen LogP contribution >= 0.6 is 23.2 Å². The lowest BCUT2D eigenvalue weighted by atomic mass is 9.58. The topological polar surface area (TPSA) is 26.0 Å². The summed E-state index contributed by atoms with van der Waals surface area (Å²) in [5, 5.41) is 0.393. The van der Waals surface area contributed by atoms with Gasteiger partial charge in [-0.15, -0.1) is 23.2 Å². The second kappa shape index (κ2) is 6.12. The molecular formula is C16H27Cl2N. The number of rotatable bonds is 1. The van der Waals surface area contributed by atoms with Gasteiger partial charge in [0.25, 0.3) is 0 Å². The minimum Gasteiger partial charge on any atom is -0.327 e. The zero-order chi connectivity index (χ0) is 13.4. The Morgan fingerprint density at radius 3 is 2.16 bits per heavy atom. The lowest BCUT2D eigenvalue weighted by Crippen LogP contribution is -2.47. The van der Waals surface area contributed by atoms with E-state index in [-0.39, 0.29) is 10.8 Å². The Kier molecular flexibility index (Phi) is 4.66. The molecule has 2 N–H and O–H groups in total. The van der Waals surface area contributed by atoms with Gasteiger partial charge < -0.3 is 5.73 Å². The first-order valence-corrected chi connectivity index (χ1v) is 9.08. The fraction of sp³-hybridized carbons (Fsp3) is 1.00. The average molecular weight is 304 g/mol. The number of hydrogen-bond donors (Lipinski definition) is 1. The van der Waals surface area contributed by atoms with E-state index < -0.39 is 0 Å². The van der Waals surface area contributed by atoms with Crippen molar-refractivity contribution >= 4 is 23.2 Å². The zero-order valence-corrected chi connectivity index (χ0v) is 13.3. The highest BCUT2D eigenvalue weighted by molar-refractivity contribution is 6.30. The van der Waals surface area contributed by atoms with Crippen molar-refractivity contribution in [3.8, 4) is 0 Å². The van der Waals surface area contributed by atoms with E-state index in [0.29, 0.717) is 6.04 Å². The molecular weight excluding hydrogens is 277 g/mol. The molecule has 3 aliphatic carbocycles. The van der Waals surface area contributed by atoms with Crippen LogP contribution in [0.4, 0.5) is 0 Å². The molecule has 3 fully saturated rings. The highest BCUT2D eigenvalue weighted by Gasteiger charge is 2.43. The maximum atomic E-state index is 6.43. The predicted octanol–water partition coefficient (Wildman–Crippen LogP) is 4.55. The lowest BCUT2D eigenvalue weighted by molar-refractivity contribution is 0.0378. The van der Waals surface area contributed by atoms with E-state index >= 15 is 0 Å². The van der Waals surface area contributed by atoms with Crippen molar-refractivity contribution in [2.75, 3.05) is 0 Å². The summed E-state index contributed by atoms with van der Waals surface area (Å²) in [4.78, 5) is 0. The van der Waals surface area contributed by atoms with Crippen molar-refractivity contribution in [1.82, 2.24) is 0 Å². The molecule has 3 aliphatic rings. The van der Waals surface area contributed by atoms with Gasteiger partial charge >= 0.3 is 0 Å². The number of nitrogens with two attached hydrogens (primary N) is 1. The zero-order valence-electron chi connectivity index (χ0n) is 11.7. The molecule has 0 aliphatic heterocycles. The summed E-state index contributed by atoms with van der Waals surface area (Å²) in [6.45, 7) is 0. The Balaban J connectivity index is 1.69.